The van der Waals surface area contributed by atoms with Gasteiger partial charge in [-0.2, -0.15) is 0 Å². The van der Waals surface area contributed by atoms with Gasteiger partial charge in [0.25, 0.3) is 0 Å². The summed E-state index contributed by atoms with van der Waals surface area (Å²) in [6.07, 6.45) is 0.684. The number of halogens is 2. The van der Waals surface area contributed by atoms with Gasteiger partial charge in [0.15, 0.2) is 0 Å². The maximum atomic E-state index is 11.6. The third kappa shape index (κ3) is 3.60. The van der Waals surface area contributed by atoms with Crippen LogP contribution in [0.15, 0.2) is 21.3 Å². The molecule has 0 aliphatic heterocycles. The number of esters is 1. The van der Waals surface area contributed by atoms with Crippen molar-refractivity contribution >= 4 is 48.8 Å². The van der Waals surface area contributed by atoms with Gasteiger partial charge in [-0.15, -0.1) is 0 Å². The first-order valence-electron chi connectivity index (χ1n) is 6.78. The molecule has 1 aromatic carbocycles. The van der Waals surface area contributed by atoms with Crippen LogP contribution in [0.1, 0.15) is 23.6 Å². The average molecular weight is 432 g/mol. The van der Waals surface area contributed by atoms with Gasteiger partial charge in [0.05, 0.1) is 0 Å². The Morgan fingerprint density at radius 3 is 2.64 bits per heavy atom. The summed E-state index contributed by atoms with van der Waals surface area (Å²) in [7, 11) is 0. The monoisotopic (exact) mass is 430 g/mol. The van der Waals surface area contributed by atoms with Crippen LogP contribution in [0.4, 0.5) is 0 Å². The Labute approximate surface area is 145 Å². The molecule has 0 bridgehead atoms. The van der Waals surface area contributed by atoms with Crippen molar-refractivity contribution in [2.24, 2.45) is 0 Å². The first-order valence-corrected chi connectivity index (χ1v) is 8.82. The maximum Gasteiger partial charge on any atom is 0.336 e. The summed E-state index contributed by atoms with van der Waals surface area (Å²) in [5.41, 5.74) is 2.47. The average Bonchev–Trinajstić information content (AvgIpc) is 2.43. The second kappa shape index (κ2) is 6.96. The molecule has 0 saturated carbocycles. The fourth-order valence-electron chi connectivity index (χ4n) is 2.39. The maximum absolute atomic E-state index is 11.6. The minimum atomic E-state index is -0.409. The third-order valence-corrected chi connectivity index (χ3v) is 5.65. The van der Waals surface area contributed by atoms with E-state index < -0.39 is 11.6 Å². The molecular weight excluding hydrogens is 416 g/mol. The Morgan fingerprint density at radius 1 is 1.36 bits per heavy atom. The summed E-state index contributed by atoms with van der Waals surface area (Å²) in [5.74, 6) is 0.0721. The number of alkyl halides is 2. The Kier molecular flexibility index (Phi) is 5.45. The number of ether oxygens (including phenoxy) is 1. The summed E-state index contributed by atoms with van der Waals surface area (Å²) in [6.45, 7) is 5.02. The van der Waals surface area contributed by atoms with Crippen LogP contribution in [0.25, 0.3) is 11.0 Å². The predicted octanol–water partition coefficient (Wildman–Crippen LogP) is 4.04. The van der Waals surface area contributed by atoms with Crippen molar-refractivity contribution in [3.05, 3.63) is 39.2 Å². The van der Waals surface area contributed by atoms with Gasteiger partial charge >= 0.3 is 11.6 Å². The van der Waals surface area contributed by atoms with E-state index in [4.69, 9.17) is 9.15 Å². The quantitative estimate of drug-likeness (QED) is 0.317. The Hall–Kier alpha value is -1.14. The molecule has 1 atom stereocenters. The van der Waals surface area contributed by atoms with Gasteiger partial charge < -0.3 is 9.15 Å². The number of aryl methyl sites for hydroxylation is 2. The van der Waals surface area contributed by atoms with Crippen molar-refractivity contribution in [3.8, 4) is 5.75 Å². The van der Waals surface area contributed by atoms with E-state index in [0.717, 1.165) is 21.8 Å². The standard InChI is InChI=1S/C16H16Br2O4/c1-8-4-14(20)22-16-9(2)15(21-10(3)19)11(6-13(8)16)5-12(18)7-17/h4,6,12H,5,7H2,1-3H3. The van der Waals surface area contributed by atoms with Crippen LogP contribution in [0.2, 0.25) is 0 Å². The lowest BCUT2D eigenvalue weighted by molar-refractivity contribution is -0.131. The summed E-state index contributed by atoms with van der Waals surface area (Å²) >= 11 is 7.00. The summed E-state index contributed by atoms with van der Waals surface area (Å²) in [6, 6.07) is 3.39. The van der Waals surface area contributed by atoms with E-state index in [1.165, 1.54) is 13.0 Å². The number of fused-ring (bicyclic) bond motifs is 1. The fraction of sp³-hybridized carbons (Fsp3) is 0.375. The second-order valence-electron chi connectivity index (χ2n) is 5.16. The SMILES string of the molecule is CC(=O)Oc1c(CC(Br)CBr)cc2c(C)cc(=O)oc2c1C. The first-order chi connectivity index (χ1) is 10.3. The molecule has 2 aromatic rings. The smallest absolute Gasteiger partial charge is 0.336 e. The molecule has 0 saturated heterocycles. The lowest BCUT2D eigenvalue weighted by Gasteiger charge is -2.16. The zero-order chi connectivity index (χ0) is 16.4. The van der Waals surface area contributed by atoms with Crippen molar-refractivity contribution in [2.75, 3.05) is 5.33 Å². The molecule has 0 aliphatic carbocycles. The van der Waals surface area contributed by atoms with Gasteiger partial charge in [0.1, 0.15) is 11.3 Å². The van der Waals surface area contributed by atoms with Gasteiger partial charge in [0, 0.05) is 34.1 Å². The van der Waals surface area contributed by atoms with E-state index in [1.54, 1.807) is 6.92 Å². The molecule has 0 N–H and O–H groups in total. The Morgan fingerprint density at radius 2 is 2.05 bits per heavy atom. The molecular formula is C16H16Br2O4. The molecule has 0 radical (unpaired) electrons. The van der Waals surface area contributed by atoms with E-state index in [2.05, 4.69) is 31.9 Å². The highest BCUT2D eigenvalue weighted by Crippen LogP contribution is 2.34. The van der Waals surface area contributed by atoms with Crippen molar-refractivity contribution in [3.63, 3.8) is 0 Å². The zero-order valence-corrected chi connectivity index (χ0v) is 15.7. The highest BCUT2D eigenvalue weighted by molar-refractivity contribution is 9.12. The van der Waals surface area contributed by atoms with E-state index >= 15 is 0 Å². The second-order valence-corrected chi connectivity index (χ2v) is 7.11. The van der Waals surface area contributed by atoms with Crippen LogP contribution in [0.3, 0.4) is 0 Å². The van der Waals surface area contributed by atoms with Crippen LogP contribution < -0.4 is 10.4 Å². The Bertz CT molecular complexity index is 780. The van der Waals surface area contributed by atoms with Crippen LogP contribution >= 0.6 is 31.9 Å². The van der Waals surface area contributed by atoms with E-state index in [1.807, 2.05) is 13.0 Å². The molecule has 22 heavy (non-hydrogen) atoms. The topological polar surface area (TPSA) is 56.5 Å². The molecule has 2 rings (SSSR count). The molecule has 0 fully saturated rings. The number of carbonyl (C=O) groups is 1. The lowest BCUT2D eigenvalue weighted by atomic mass is 9.99. The Balaban J connectivity index is 2.74. The van der Waals surface area contributed by atoms with Crippen LogP contribution in [-0.2, 0) is 11.2 Å². The summed E-state index contributed by atoms with van der Waals surface area (Å²) in [4.78, 5) is 23.2. The molecule has 1 unspecified atom stereocenters. The van der Waals surface area contributed by atoms with Crippen molar-refractivity contribution in [1.82, 2.24) is 0 Å². The molecule has 4 nitrogen and oxygen atoms in total. The molecule has 6 heteroatoms. The minimum absolute atomic E-state index is 0.203. The normalized spacial score (nSPS) is 12.4. The molecule has 0 amide bonds. The number of rotatable bonds is 4. The molecule has 1 aromatic heterocycles. The lowest BCUT2D eigenvalue weighted by Crippen LogP contribution is -2.11. The van der Waals surface area contributed by atoms with Crippen molar-refractivity contribution in [2.45, 2.75) is 32.0 Å². The van der Waals surface area contributed by atoms with E-state index in [9.17, 15) is 9.59 Å². The molecule has 0 spiro atoms. The zero-order valence-electron chi connectivity index (χ0n) is 12.5. The summed E-state index contributed by atoms with van der Waals surface area (Å²) in [5, 5.41) is 1.63. The third-order valence-electron chi connectivity index (χ3n) is 3.35. The molecule has 1 heterocycles. The van der Waals surface area contributed by atoms with Crippen LogP contribution in [-0.4, -0.2) is 16.1 Å². The highest BCUT2D eigenvalue weighted by atomic mass is 79.9. The van der Waals surface area contributed by atoms with Gasteiger partial charge in [-0.05, 0) is 37.5 Å². The molecule has 118 valence electrons. The first kappa shape index (κ1) is 17.2. The van der Waals surface area contributed by atoms with Gasteiger partial charge in [-0.25, -0.2) is 4.79 Å². The number of carbonyl (C=O) groups excluding carboxylic acids is 1. The predicted molar refractivity (Wildman–Crippen MR) is 93.5 cm³/mol. The van der Waals surface area contributed by atoms with Crippen LogP contribution in [0, 0.1) is 13.8 Å². The van der Waals surface area contributed by atoms with E-state index in [0.29, 0.717) is 23.3 Å². The number of hydrogen-bond acceptors (Lipinski definition) is 4. The van der Waals surface area contributed by atoms with Crippen molar-refractivity contribution in [1.29, 1.82) is 0 Å². The molecule has 0 aliphatic rings. The van der Waals surface area contributed by atoms with Gasteiger partial charge in [-0.3, -0.25) is 4.79 Å². The van der Waals surface area contributed by atoms with Crippen molar-refractivity contribution < 1.29 is 13.9 Å². The summed E-state index contributed by atoms with van der Waals surface area (Å²) < 4.78 is 10.7. The number of hydrogen-bond donors (Lipinski definition) is 0. The van der Waals surface area contributed by atoms with Gasteiger partial charge in [0.2, 0.25) is 0 Å². The highest BCUT2D eigenvalue weighted by Gasteiger charge is 2.18. The van der Waals surface area contributed by atoms with Crippen LogP contribution in [0.5, 0.6) is 5.75 Å². The number of benzene rings is 1. The fourth-order valence-corrected chi connectivity index (χ4v) is 2.97. The largest absolute Gasteiger partial charge is 0.426 e. The van der Waals surface area contributed by atoms with E-state index in [-0.39, 0.29) is 4.83 Å². The van der Waals surface area contributed by atoms with Gasteiger partial charge in [-0.1, -0.05) is 31.9 Å². The minimum Gasteiger partial charge on any atom is -0.426 e.